The van der Waals surface area contributed by atoms with E-state index in [2.05, 4.69) is 31.5 Å². The van der Waals surface area contributed by atoms with Crippen molar-refractivity contribution >= 4 is 45.2 Å². The van der Waals surface area contributed by atoms with Crippen LogP contribution in [0.1, 0.15) is 22.3 Å². The van der Waals surface area contributed by atoms with Crippen LogP contribution >= 0.6 is 27.7 Å². The van der Waals surface area contributed by atoms with Gasteiger partial charge in [0.25, 0.3) is 5.91 Å². The predicted molar refractivity (Wildman–Crippen MR) is 120 cm³/mol. The fraction of sp³-hybridized carbons (Fsp3) is 0.136. The smallest absolute Gasteiger partial charge is 0.255 e. The quantitative estimate of drug-likeness (QED) is 0.460. The number of carbonyl (C=O) groups excluding carboxylic acids is 2. The molecule has 0 fully saturated rings. The summed E-state index contributed by atoms with van der Waals surface area (Å²) in [5.41, 5.74) is 2.15. The fourth-order valence-corrected chi connectivity index (χ4v) is 3.66. The van der Waals surface area contributed by atoms with Gasteiger partial charge in [-0.05, 0) is 54.1 Å². The Morgan fingerprint density at radius 3 is 2.52 bits per heavy atom. The van der Waals surface area contributed by atoms with Gasteiger partial charge >= 0.3 is 0 Å². The molecule has 29 heavy (non-hydrogen) atoms. The van der Waals surface area contributed by atoms with E-state index in [9.17, 15) is 9.59 Å². The predicted octanol–water partition coefficient (Wildman–Crippen LogP) is 4.90. The minimum atomic E-state index is -0.196. The van der Waals surface area contributed by atoms with Crippen molar-refractivity contribution in [3.8, 4) is 0 Å². The van der Waals surface area contributed by atoms with E-state index in [0.717, 1.165) is 20.7 Å². The maximum atomic E-state index is 12.2. The Balaban J connectivity index is 1.44. The van der Waals surface area contributed by atoms with Crippen molar-refractivity contribution in [3.05, 3.63) is 88.7 Å². The fourth-order valence-electron chi connectivity index (χ4n) is 2.55. The van der Waals surface area contributed by atoms with Crippen LogP contribution in [0.5, 0.6) is 0 Å². The molecule has 0 saturated heterocycles. The molecule has 1 heterocycles. The topological polar surface area (TPSA) is 71.1 Å². The zero-order chi connectivity index (χ0) is 20.5. The van der Waals surface area contributed by atoms with Gasteiger partial charge in [-0.2, -0.15) is 0 Å². The summed E-state index contributed by atoms with van der Waals surface area (Å²) >= 11 is 5.06. The summed E-state index contributed by atoms with van der Waals surface area (Å²) < 4.78 is 1.04. The Morgan fingerprint density at radius 2 is 1.76 bits per heavy atom. The minimum Gasteiger partial charge on any atom is -0.352 e. The van der Waals surface area contributed by atoms with E-state index in [1.165, 1.54) is 0 Å². The highest BCUT2D eigenvalue weighted by Crippen LogP contribution is 2.21. The van der Waals surface area contributed by atoms with Crippen LogP contribution in [0.25, 0.3) is 0 Å². The van der Waals surface area contributed by atoms with Crippen LogP contribution in [0.4, 0.5) is 5.69 Å². The molecular formula is C22H20BrN3O2S. The normalized spacial score (nSPS) is 10.4. The lowest BCUT2D eigenvalue weighted by atomic mass is 10.2. The van der Waals surface area contributed by atoms with Crippen LogP contribution in [0.15, 0.2) is 82.4 Å². The molecule has 5 nitrogen and oxygen atoms in total. The highest BCUT2D eigenvalue weighted by molar-refractivity contribution is 9.10. The minimum absolute atomic E-state index is 0.000774. The molecule has 3 rings (SSSR count). The lowest BCUT2D eigenvalue weighted by Crippen LogP contribution is -2.23. The number of rotatable bonds is 8. The van der Waals surface area contributed by atoms with Gasteiger partial charge in [0, 0.05) is 51.7 Å². The van der Waals surface area contributed by atoms with Crippen molar-refractivity contribution < 1.29 is 9.59 Å². The van der Waals surface area contributed by atoms with Crippen molar-refractivity contribution in [2.75, 3.05) is 11.1 Å². The van der Waals surface area contributed by atoms with Gasteiger partial charge in [-0.3, -0.25) is 14.6 Å². The number of thioether (sulfide) groups is 1. The zero-order valence-electron chi connectivity index (χ0n) is 15.6. The molecule has 0 saturated carbocycles. The van der Waals surface area contributed by atoms with E-state index in [0.29, 0.717) is 24.2 Å². The highest BCUT2D eigenvalue weighted by Gasteiger charge is 2.07. The maximum absolute atomic E-state index is 12.2. The number of hydrogen-bond acceptors (Lipinski definition) is 4. The second-order valence-corrected chi connectivity index (χ2v) is 8.30. The molecule has 0 unspecified atom stereocenters. The number of amides is 2. The van der Waals surface area contributed by atoms with Crippen LogP contribution in [-0.4, -0.2) is 22.6 Å². The van der Waals surface area contributed by atoms with Crippen molar-refractivity contribution in [1.29, 1.82) is 0 Å². The van der Waals surface area contributed by atoms with E-state index in [1.54, 1.807) is 36.3 Å². The van der Waals surface area contributed by atoms with Gasteiger partial charge in [-0.25, -0.2) is 0 Å². The van der Waals surface area contributed by atoms with Crippen molar-refractivity contribution in [2.45, 2.75) is 17.9 Å². The number of hydrogen-bond donors (Lipinski definition) is 2. The number of anilines is 1. The number of aromatic nitrogens is 1. The van der Waals surface area contributed by atoms with Crippen molar-refractivity contribution in [2.24, 2.45) is 0 Å². The molecule has 0 atom stereocenters. The lowest BCUT2D eigenvalue weighted by Gasteiger charge is -2.09. The van der Waals surface area contributed by atoms with Gasteiger partial charge in [0.1, 0.15) is 0 Å². The third-order valence-corrected chi connectivity index (χ3v) is 5.57. The second-order valence-electron chi connectivity index (χ2n) is 6.22. The van der Waals surface area contributed by atoms with Crippen molar-refractivity contribution in [1.82, 2.24) is 10.3 Å². The molecule has 0 bridgehead atoms. The van der Waals surface area contributed by atoms with Gasteiger partial charge in [0.05, 0.1) is 0 Å². The van der Waals surface area contributed by atoms with Gasteiger partial charge in [-0.15, -0.1) is 11.8 Å². The standard InChI is InChI=1S/C22H20BrN3O2S/c23-18-4-6-20(7-5-18)29-13-10-21(27)25-15-16-2-1-3-19(14-16)26-22(28)17-8-11-24-12-9-17/h1-9,11-12,14H,10,13,15H2,(H,25,27)(H,26,28). The first-order chi connectivity index (χ1) is 14.1. The lowest BCUT2D eigenvalue weighted by molar-refractivity contribution is -0.120. The molecule has 1 aromatic heterocycles. The van der Waals surface area contributed by atoms with E-state index in [-0.39, 0.29) is 11.8 Å². The SMILES string of the molecule is O=C(CCSc1ccc(Br)cc1)NCc1cccc(NC(=O)c2ccncc2)c1. The average Bonchev–Trinajstić information content (AvgIpc) is 2.74. The first kappa shape index (κ1) is 21.1. The molecule has 0 radical (unpaired) electrons. The Labute approximate surface area is 182 Å². The number of carbonyl (C=O) groups is 2. The van der Waals surface area contributed by atoms with Gasteiger partial charge in [0.2, 0.25) is 5.91 Å². The average molecular weight is 470 g/mol. The van der Waals surface area contributed by atoms with E-state index < -0.39 is 0 Å². The van der Waals surface area contributed by atoms with E-state index >= 15 is 0 Å². The Bertz CT molecular complexity index is 965. The highest BCUT2D eigenvalue weighted by atomic mass is 79.9. The van der Waals surface area contributed by atoms with Gasteiger partial charge in [-0.1, -0.05) is 28.1 Å². The van der Waals surface area contributed by atoms with Crippen LogP contribution in [0.2, 0.25) is 0 Å². The van der Waals surface area contributed by atoms with Crippen LogP contribution in [0.3, 0.4) is 0 Å². The number of benzene rings is 2. The van der Waals surface area contributed by atoms with E-state index in [4.69, 9.17) is 0 Å². The first-order valence-corrected chi connectivity index (χ1v) is 10.8. The number of halogens is 1. The third kappa shape index (κ3) is 7.03. The number of nitrogens with zero attached hydrogens (tertiary/aromatic N) is 1. The summed E-state index contributed by atoms with van der Waals surface area (Å²) in [6, 6.07) is 18.8. The largest absolute Gasteiger partial charge is 0.352 e. The van der Waals surface area contributed by atoms with Crippen molar-refractivity contribution in [3.63, 3.8) is 0 Å². The summed E-state index contributed by atoms with van der Waals surface area (Å²) in [7, 11) is 0. The molecule has 2 N–H and O–H groups in total. The summed E-state index contributed by atoms with van der Waals surface area (Å²) in [6.45, 7) is 0.417. The Hall–Kier alpha value is -2.64. The number of pyridine rings is 1. The molecule has 0 aliphatic rings. The number of nitrogens with one attached hydrogen (secondary N) is 2. The first-order valence-electron chi connectivity index (χ1n) is 9.05. The van der Waals surface area contributed by atoms with Crippen LogP contribution in [-0.2, 0) is 11.3 Å². The van der Waals surface area contributed by atoms with Crippen LogP contribution < -0.4 is 10.6 Å². The second kappa shape index (κ2) is 10.8. The third-order valence-electron chi connectivity index (χ3n) is 4.03. The molecule has 3 aromatic rings. The molecule has 148 valence electrons. The summed E-state index contributed by atoms with van der Waals surface area (Å²) in [6.07, 6.45) is 3.60. The van der Waals surface area contributed by atoms with E-state index in [1.807, 2.05) is 48.5 Å². The molecule has 7 heteroatoms. The molecule has 2 amide bonds. The van der Waals surface area contributed by atoms with Gasteiger partial charge in [0.15, 0.2) is 0 Å². The zero-order valence-corrected chi connectivity index (χ0v) is 18.0. The van der Waals surface area contributed by atoms with Crippen LogP contribution in [0, 0.1) is 0 Å². The van der Waals surface area contributed by atoms with Gasteiger partial charge < -0.3 is 10.6 Å². The summed E-state index contributed by atoms with van der Waals surface area (Å²) in [5, 5.41) is 5.78. The maximum Gasteiger partial charge on any atom is 0.255 e. The molecule has 0 spiro atoms. The Morgan fingerprint density at radius 1 is 1.00 bits per heavy atom. The summed E-state index contributed by atoms with van der Waals surface area (Å²) in [5.74, 6) is 0.523. The monoisotopic (exact) mass is 469 g/mol. The molecule has 0 aliphatic carbocycles. The Kier molecular flexibility index (Phi) is 7.84. The molecular weight excluding hydrogens is 450 g/mol. The summed E-state index contributed by atoms with van der Waals surface area (Å²) in [4.78, 5) is 29.4. The molecule has 0 aliphatic heterocycles. The molecule has 2 aromatic carbocycles.